The molecule has 0 unspecified atom stereocenters. The minimum Gasteiger partial charge on any atom is -0.267 e. The van der Waals surface area contributed by atoms with Crippen molar-refractivity contribution in [3.8, 4) is 0 Å². The number of aryl methyl sites for hydroxylation is 2. The van der Waals surface area contributed by atoms with Crippen LogP contribution in [0.5, 0.6) is 0 Å². The fourth-order valence-electron chi connectivity index (χ4n) is 3.02. The molecule has 130 valence electrons. The summed E-state index contributed by atoms with van der Waals surface area (Å²) in [7, 11) is 0. The van der Waals surface area contributed by atoms with Crippen molar-refractivity contribution in [3.05, 3.63) is 76.5 Å². The molecular weight excluding hydrogens is 418 g/mol. The Hall–Kier alpha value is -2.58. The summed E-state index contributed by atoms with van der Waals surface area (Å²) >= 11 is 4.44. The van der Waals surface area contributed by atoms with E-state index in [0.29, 0.717) is 19.5 Å². The predicted molar refractivity (Wildman–Crippen MR) is 106 cm³/mol. The third-order valence-corrected chi connectivity index (χ3v) is 5.78. The molecule has 0 bridgehead atoms. The largest absolute Gasteiger partial charge is 0.284 e. The van der Waals surface area contributed by atoms with E-state index in [1.165, 1.54) is 17.4 Å². The second-order valence-corrected chi connectivity index (χ2v) is 7.93. The van der Waals surface area contributed by atoms with E-state index in [-0.39, 0.29) is 11.2 Å². The normalized spacial score (nSPS) is 12.3. The number of fused-ring (bicyclic) bond motifs is 3. The fourth-order valence-corrected chi connectivity index (χ4v) is 4.39. The van der Waals surface area contributed by atoms with Crippen LogP contribution < -0.4 is 10.1 Å². The van der Waals surface area contributed by atoms with E-state index in [4.69, 9.17) is 0 Å². The molecule has 26 heavy (non-hydrogen) atoms. The second kappa shape index (κ2) is 6.00. The highest BCUT2D eigenvalue weighted by Gasteiger charge is 2.14. The number of nitro benzene ring substituents is 1. The first-order valence-electron chi connectivity index (χ1n) is 7.73. The van der Waals surface area contributed by atoms with Gasteiger partial charge in [0.15, 0.2) is 4.96 Å². The number of aromatic nitrogens is 2. The Morgan fingerprint density at radius 3 is 2.77 bits per heavy atom. The highest BCUT2D eigenvalue weighted by atomic mass is 79.9. The van der Waals surface area contributed by atoms with Gasteiger partial charge in [-0.2, -0.15) is 0 Å². The monoisotopic (exact) mass is 429 g/mol. The Morgan fingerprint density at radius 1 is 1.27 bits per heavy atom. The van der Waals surface area contributed by atoms with Crippen molar-refractivity contribution in [3.63, 3.8) is 0 Å². The molecule has 4 rings (SSSR count). The van der Waals surface area contributed by atoms with Crippen LogP contribution in [-0.2, 0) is 0 Å². The van der Waals surface area contributed by atoms with Gasteiger partial charge in [0.2, 0.25) is 0 Å². The van der Waals surface area contributed by atoms with E-state index in [1.54, 1.807) is 22.6 Å². The molecule has 0 amide bonds. The standard InChI is InChI=1S/C18H12BrN3O3S/c1-9-5-10(2)16-14(6-9)21-17(23)15(26-18(21)20-16)8-11-3-4-12(19)13(7-11)22(24)25/h3-8H,1-2H3/b15-8+. The van der Waals surface area contributed by atoms with Crippen molar-refractivity contribution in [2.24, 2.45) is 0 Å². The van der Waals surface area contributed by atoms with Gasteiger partial charge in [0.25, 0.3) is 11.2 Å². The van der Waals surface area contributed by atoms with Crippen LogP contribution in [0, 0.1) is 24.0 Å². The summed E-state index contributed by atoms with van der Waals surface area (Å²) in [6, 6.07) is 8.77. The lowest BCUT2D eigenvalue weighted by Gasteiger charge is -1.98. The number of nitrogens with zero attached hydrogens (tertiary/aromatic N) is 3. The third-order valence-electron chi connectivity index (χ3n) is 4.14. The molecule has 0 aliphatic heterocycles. The Morgan fingerprint density at radius 2 is 2.04 bits per heavy atom. The number of imidazole rings is 1. The Bertz CT molecular complexity index is 1320. The number of rotatable bonds is 2. The van der Waals surface area contributed by atoms with Gasteiger partial charge in [0.05, 0.1) is 25.0 Å². The first-order valence-corrected chi connectivity index (χ1v) is 9.34. The highest BCUT2D eigenvalue weighted by Crippen LogP contribution is 2.26. The minimum atomic E-state index is -0.459. The lowest BCUT2D eigenvalue weighted by molar-refractivity contribution is -0.385. The third kappa shape index (κ3) is 2.62. The molecule has 0 aliphatic rings. The summed E-state index contributed by atoms with van der Waals surface area (Å²) in [5, 5.41) is 11.1. The molecule has 2 heterocycles. The van der Waals surface area contributed by atoms with Crippen molar-refractivity contribution in [1.82, 2.24) is 9.38 Å². The van der Waals surface area contributed by atoms with Gasteiger partial charge in [-0.1, -0.05) is 23.5 Å². The topological polar surface area (TPSA) is 77.5 Å². The van der Waals surface area contributed by atoms with E-state index in [9.17, 15) is 14.9 Å². The molecule has 6 nitrogen and oxygen atoms in total. The number of halogens is 1. The number of nitro groups is 1. The molecule has 0 aliphatic carbocycles. The lowest BCUT2D eigenvalue weighted by atomic mass is 10.1. The number of thiazole rings is 1. The zero-order valence-electron chi connectivity index (χ0n) is 13.8. The summed E-state index contributed by atoms with van der Waals surface area (Å²) in [6.07, 6.45) is 1.66. The Kier molecular flexibility index (Phi) is 3.89. The maximum Gasteiger partial charge on any atom is 0.284 e. The van der Waals surface area contributed by atoms with Gasteiger partial charge in [0, 0.05) is 6.07 Å². The van der Waals surface area contributed by atoms with Crippen molar-refractivity contribution in [2.45, 2.75) is 13.8 Å². The van der Waals surface area contributed by atoms with Gasteiger partial charge in [-0.15, -0.1) is 0 Å². The summed E-state index contributed by atoms with van der Waals surface area (Å²) in [6.45, 7) is 3.96. The predicted octanol–water partition coefficient (Wildman–Crippen LogP) is 3.74. The number of benzene rings is 2. The smallest absolute Gasteiger partial charge is 0.267 e. The van der Waals surface area contributed by atoms with Crippen LogP contribution in [0.25, 0.3) is 22.1 Å². The van der Waals surface area contributed by atoms with Crippen LogP contribution >= 0.6 is 27.3 Å². The van der Waals surface area contributed by atoms with Crippen molar-refractivity contribution >= 4 is 55.0 Å². The summed E-state index contributed by atoms with van der Waals surface area (Å²) in [5.41, 5.74) is 4.11. The molecular formula is C18H12BrN3O3S. The number of hydrogen-bond acceptors (Lipinski definition) is 5. The molecule has 0 radical (unpaired) electrons. The zero-order chi connectivity index (χ0) is 18.6. The molecule has 8 heteroatoms. The van der Waals surface area contributed by atoms with Gasteiger partial charge < -0.3 is 0 Å². The molecule has 2 aromatic carbocycles. The Labute approximate surface area is 159 Å². The van der Waals surface area contributed by atoms with E-state index in [2.05, 4.69) is 20.9 Å². The van der Waals surface area contributed by atoms with Gasteiger partial charge >= 0.3 is 0 Å². The molecule has 0 spiro atoms. The average molecular weight is 430 g/mol. The maximum atomic E-state index is 12.9. The van der Waals surface area contributed by atoms with Crippen LogP contribution in [0.2, 0.25) is 0 Å². The van der Waals surface area contributed by atoms with Crippen LogP contribution in [0.15, 0.2) is 39.6 Å². The zero-order valence-corrected chi connectivity index (χ0v) is 16.2. The molecule has 4 aromatic rings. The molecule has 0 saturated heterocycles. The maximum absolute atomic E-state index is 12.9. The van der Waals surface area contributed by atoms with Crippen molar-refractivity contribution in [2.75, 3.05) is 0 Å². The molecule has 0 saturated carbocycles. The molecule has 0 fully saturated rings. The average Bonchev–Trinajstić information content (AvgIpc) is 3.07. The van der Waals surface area contributed by atoms with E-state index < -0.39 is 4.92 Å². The minimum absolute atomic E-state index is 0.0377. The molecule has 0 atom stereocenters. The van der Waals surface area contributed by atoms with Crippen molar-refractivity contribution < 1.29 is 4.92 Å². The second-order valence-electron chi connectivity index (χ2n) is 6.06. The quantitative estimate of drug-likeness (QED) is 0.359. The summed E-state index contributed by atoms with van der Waals surface area (Å²) in [4.78, 5) is 28.7. The number of hydrogen-bond donors (Lipinski definition) is 0. The lowest BCUT2D eigenvalue weighted by Crippen LogP contribution is -2.22. The Balaban J connectivity index is 1.97. The highest BCUT2D eigenvalue weighted by molar-refractivity contribution is 9.10. The van der Waals surface area contributed by atoms with E-state index in [1.807, 2.05) is 26.0 Å². The first kappa shape index (κ1) is 16.9. The van der Waals surface area contributed by atoms with Crippen molar-refractivity contribution in [1.29, 1.82) is 0 Å². The van der Waals surface area contributed by atoms with Gasteiger partial charge in [-0.3, -0.25) is 14.9 Å². The SMILES string of the molecule is Cc1cc(C)c2nc3s/c(=C/c4ccc(Br)c([N+](=O)[O-])c4)c(=O)n3c2c1. The van der Waals surface area contributed by atoms with Gasteiger partial charge in [-0.25, -0.2) is 9.38 Å². The van der Waals surface area contributed by atoms with Crippen LogP contribution in [0.3, 0.4) is 0 Å². The van der Waals surface area contributed by atoms with Crippen LogP contribution in [0.4, 0.5) is 5.69 Å². The summed E-state index contributed by atoms with van der Waals surface area (Å²) in [5.74, 6) is 0. The van der Waals surface area contributed by atoms with Crippen LogP contribution in [-0.4, -0.2) is 14.3 Å². The summed E-state index contributed by atoms with van der Waals surface area (Å²) < 4.78 is 2.50. The van der Waals surface area contributed by atoms with E-state index in [0.717, 1.165) is 22.2 Å². The van der Waals surface area contributed by atoms with Gasteiger partial charge in [0.1, 0.15) is 0 Å². The van der Waals surface area contributed by atoms with Crippen LogP contribution in [0.1, 0.15) is 16.7 Å². The molecule has 0 N–H and O–H groups in total. The van der Waals surface area contributed by atoms with Gasteiger partial charge in [-0.05, 0) is 64.7 Å². The fraction of sp³-hybridized carbons (Fsp3) is 0.111. The van der Waals surface area contributed by atoms with E-state index >= 15 is 0 Å². The first-order chi connectivity index (χ1) is 12.3. The molecule has 2 aromatic heterocycles.